The van der Waals surface area contributed by atoms with E-state index in [2.05, 4.69) is 10.5 Å². The molecule has 0 unspecified atom stereocenters. The van der Waals surface area contributed by atoms with Gasteiger partial charge in [-0.05, 0) is 36.4 Å². The van der Waals surface area contributed by atoms with Crippen LogP contribution in [0.1, 0.15) is 10.4 Å². The summed E-state index contributed by atoms with van der Waals surface area (Å²) in [6.07, 6.45) is 2.54. The molecule has 1 heterocycles. The van der Waals surface area contributed by atoms with E-state index in [1.165, 1.54) is 0 Å². The van der Waals surface area contributed by atoms with Gasteiger partial charge in [0.1, 0.15) is 11.8 Å². The van der Waals surface area contributed by atoms with E-state index in [0.717, 1.165) is 22.9 Å². The molecule has 0 aliphatic rings. The van der Waals surface area contributed by atoms with Crippen LogP contribution < -0.4 is 10.3 Å². The number of pyridine rings is 1. The van der Waals surface area contributed by atoms with Gasteiger partial charge >= 0.3 is 0 Å². The molecule has 0 saturated carbocycles. The summed E-state index contributed by atoms with van der Waals surface area (Å²) in [5.74, 6) is 0.655. The number of aromatic nitrogens is 1. The normalized spacial score (nSPS) is 10.2. The van der Waals surface area contributed by atoms with Crippen molar-refractivity contribution >= 4 is 22.9 Å². The Morgan fingerprint density at radius 2 is 1.80 bits per heavy atom. The molecule has 0 saturated heterocycles. The number of anilines is 1. The number of hydrogen-bond donors (Lipinski definition) is 1. The van der Waals surface area contributed by atoms with Crippen molar-refractivity contribution in [1.82, 2.24) is 4.98 Å². The largest absolute Gasteiger partial charge is 0.380 e. The maximum absolute atomic E-state index is 10.6. The molecule has 1 aromatic heterocycles. The fraction of sp³-hybridized carbons (Fsp3) is 0. The van der Waals surface area contributed by atoms with Crippen molar-refractivity contribution in [2.75, 3.05) is 5.48 Å². The van der Waals surface area contributed by atoms with Crippen molar-refractivity contribution < 1.29 is 9.63 Å². The lowest BCUT2D eigenvalue weighted by Crippen LogP contribution is -2.05. The van der Waals surface area contributed by atoms with E-state index in [1.807, 2.05) is 30.3 Å². The van der Waals surface area contributed by atoms with E-state index in [0.29, 0.717) is 11.3 Å². The molecule has 20 heavy (non-hydrogen) atoms. The standard InChI is InChI=1S/C16H12N2O2/c19-11-12-6-8-14(9-7-12)18-20-15-5-1-3-13-4-2-10-17-16(13)15/h1-11,18H. The van der Waals surface area contributed by atoms with Crippen molar-refractivity contribution in [3.63, 3.8) is 0 Å². The fourth-order valence-corrected chi connectivity index (χ4v) is 1.90. The summed E-state index contributed by atoms with van der Waals surface area (Å²) < 4.78 is 0. The van der Waals surface area contributed by atoms with Gasteiger partial charge in [0.15, 0.2) is 5.75 Å². The molecule has 4 nitrogen and oxygen atoms in total. The van der Waals surface area contributed by atoms with Crippen LogP contribution in [0.4, 0.5) is 5.69 Å². The number of nitrogens with one attached hydrogen (secondary N) is 1. The van der Waals surface area contributed by atoms with Crippen LogP contribution in [0.2, 0.25) is 0 Å². The number of aldehydes is 1. The second-order valence-corrected chi connectivity index (χ2v) is 4.28. The van der Waals surface area contributed by atoms with Crippen molar-refractivity contribution in [3.05, 3.63) is 66.4 Å². The first-order chi connectivity index (χ1) is 9.86. The highest BCUT2D eigenvalue weighted by Crippen LogP contribution is 2.23. The Kier molecular flexibility index (Phi) is 3.29. The number of benzene rings is 2. The molecular formula is C16H12N2O2. The van der Waals surface area contributed by atoms with Crippen LogP contribution in [0.3, 0.4) is 0 Å². The Bertz CT molecular complexity index is 734. The van der Waals surface area contributed by atoms with Crippen molar-refractivity contribution in [2.45, 2.75) is 0 Å². The summed E-state index contributed by atoms with van der Waals surface area (Å²) in [7, 11) is 0. The molecule has 0 aliphatic carbocycles. The van der Waals surface area contributed by atoms with Gasteiger partial charge in [0, 0.05) is 17.1 Å². The summed E-state index contributed by atoms with van der Waals surface area (Å²) >= 11 is 0. The predicted molar refractivity (Wildman–Crippen MR) is 77.8 cm³/mol. The second-order valence-electron chi connectivity index (χ2n) is 4.28. The molecular weight excluding hydrogens is 252 g/mol. The van der Waals surface area contributed by atoms with Crippen LogP contribution in [0.15, 0.2) is 60.8 Å². The van der Waals surface area contributed by atoms with Gasteiger partial charge in [-0.15, -0.1) is 0 Å². The summed E-state index contributed by atoms with van der Waals surface area (Å²) in [6.45, 7) is 0. The molecule has 0 amide bonds. The van der Waals surface area contributed by atoms with Crippen LogP contribution in [-0.2, 0) is 0 Å². The minimum atomic E-state index is 0.627. The molecule has 98 valence electrons. The highest BCUT2D eigenvalue weighted by Gasteiger charge is 2.03. The third-order valence-electron chi connectivity index (χ3n) is 2.92. The van der Waals surface area contributed by atoms with E-state index >= 15 is 0 Å². The third-order valence-corrected chi connectivity index (χ3v) is 2.92. The molecule has 0 fully saturated rings. The minimum Gasteiger partial charge on any atom is -0.380 e. The van der Waals surface area contributed by atoms with Crippen LogP contribution in [0, 0.1) is 0 Å². The van der Waals surface area contributed by atoms with Crippen LogP contribution in [0.25, 0.3) is 10.9 Å². The van der Waals surface area contributed by atoms with Crippen LogP contribution in [-0.4, -0.2) is 11.3 Å². The molecule has 4 heteroatoms. The topological polar surface area (TPSA) is 51.2 Å². The first-order valence-corrected chi connectivity index (χ1v) is 6.19. The zero-order valence-corrected chi connectivity index (χ0v) is 10.6. The highest BCUT2D eigenvalue weighted by atomic mass is 16.6. The Hall–Kier alpha value is -2.88. The molecule has 0 spiro atoms. The molecule has 2 aromatic carbocycles. The van der Waals surface area contributed by atoms with Gasteiger partial charge in [0.25, 0.3) is 0 Å². The maximum atomic E-state index is 10.6. The lowest BCUT2D eigenvalue weighted by molar-refractivity contribution is 0.112. The smallest absolute Gasteiger partial charge is 0.181 e. The Morgan fingerprint density at radius 3 is 2.60 bits per heavy atom. The minimum absolute atomic E-state index is 0.627. The molecule has 0 aliphatic heterocycles. The third kappa shape index (κ3) is 2.44. The summed E-state index contributed by atoms with van der Waals surface area (Å²) in [5, 5.41) is 1.02. The zero-order valence-electron chi connectivity index (χ0n) is 10.6. The highest BCUT2D eigenvalue weighted by molar-refractivity contribution is 5.84. The van der Waals surface area contributed by atoms with E-state index in [4.69, 9.17) is 4.84 Å². The predicted octanol–water partition coefficient (Wildman–Crippen LogP) is 3.45. The first-order valence-electron chi connectivity index (χ1n) is 6.19. The zero-order chi connectivity index (χ0) is 13.8. The number of nitrogens with zero attached hydrogens (tertiary/aromatic N) is 1. The number of fused-ring (bicyclic) bond motifs is 1. The molecule has 3 aromatic rings. The monoisotopic (exact) mass is 264 g/mol. The fourth-order valence-electron chi connectivity index (χ4n) is 1.90. The summed E-state index contributed by atoms with van der Waals surface area (Å²) in [5.41, 5.74) is 5.04. The number of carbonyl (C=O) groups excluding carboxylic acids is 1. The van der Waals surface area contributed by atoms with Crippen molar-refractivity contribution in [3.8, 4) is 5.75 Å². The van der Waals surface area contributed by atoms with E-state index < -0.39 is 0 Å². The molecule has 0 bridgehead atoms. The van der Waals surface area contributed by atoms with Crippen molar-refractivity contribution in [1.29, 1.82) is 0 Å². The molecule has 1 N–H and O–H groups in total. The summed E-state index contributed by atoms with van der Waals surface area (Å²) in [6, 6.07) is 16.6. The van der Waals surface area contributed by atoms with Gasteiger partial charge in [-0.1, -0.05) is 18.2 Å². The number of rotatable bonds is 4. The average Bonchev–Trinajstić information content (AvgIpc) is 2.53. The SMILES string of the molecule is O=Cc1ccc(NOc2cccc3cccnc23)cc1. The van der Waals surface area contributed by atoms with Crippen LogP contribution in [0.5, 0.6) is 5.75 Å². The van der Waals surface area contributed by atoms with E-state index in [9.17, 15) is 4.79 Å². The number of hydrogen-bond acceptors (Lipinski definition) is 4. The maximum Gasteiger partial charge on any atom is 0.181 e. The van der Waals surface area contributed by atoms with Crippen molar-refractivity contribution in [2.24, 2.45) is 0 Å². The number of carbonyl (C=O) groups is 1. The van der Waals surface area contributed by atoms with Gasteiger partial charge in [0.2, 0.25) is 0 Å². The lowest BCUT2D eigenvalue weighted by atomic mass is 10.2. The molecule has 0 radical (unpaired) electrons. The van der Waals surface area contributed by atoms with Crippen LogP contribution >= 0.6 is 0 Å². The number of para-hydroxylation sites is 1. The van der Waals surface area contributed by atoms with Gasteiger partial charge in [0.05, 0.1) is 5.69 Å². The lowest BCUT2D eigenvalue weighted by Gasteiger charge is -2.09. The Morgan fingerprint density at radius 1 is 1.00 bits per heavy atom. The quantitative estimate of drug-likeness (QED) is 0.579. The summed E-state index contributed by atoms with van der Waals surface area (Å²) in [4.78, 5) is 20.5. The first kappa shape index (κ1) is 12.2. The van der Waals surface area contributed by atoms with E-state index in [1.54, 1.807) is 30.5 Å². The Labute approximate surface area is 116 Å². The molecule has 3 rings (SSSR count). The molecule has 0 atom stereocenters. The van der Waals surface area contributed by atoms with Gasteiger partial charge in [-0.25, -0.2) is 5.48 Å². The van der Waals surface area contributed by atoms with E-state index in [-0.39, 0.29) is 0 Å². The second kappa shape index (κ2) is 5.40. The van der Waals surface area contributed by atoms with Gasteiger partial charge < -0.3 is 4.84 Å². The Balaban J connectivity index is 1.81. The van der Waals surface area contributed by atoms with Gasteiger partial charge in [-0.2, -0.15) is 0 Å². The van der Waals surface area contributed by atoms with Gasteiger partial charge in [-0.3, -0.25) is 9.78 Å². The average molecular weight is 264 g/mol.